The first kappa shape index (κ1) is 24.8. The summed E-state index contributed by atoms with van der Waals surface area (Å²) in [7, 11) is 0. The summed E-state index contributed by atoms with van der Waals surface area (Å²) in [4.78, 5) is 32.5. The third kappa shape index (κ3) is 5.47. The summed E-state index contributed by atoms with van der Waals surface area (Å²) < 4.78 is 19.0. The molecule has 0 bridgehead atoms. The van der Waals surface area contributed by atoms with Crippen LogP contribution in [0.1, 0.15) is 45.1 Å². The zero-order valence-electron chi connectivity index (χ0n) is 19.4. The smallest absolute Gasteiger partial charge is 0.328 e. The average molecular weight is 541 g/mol. The van der Waals surface area contributed by atoms with Crippen LogP contribution in [0.4, 0.5) is 10.2 Å². The number of ether oxygens (including phenoxy) is 1. The van der Waals surface area contributed by atoms with Crippen molar-refractivity contribution in [3.63, 3.8) is 0 Å². The number of rotatable bonds is 5. The topological polar surface area (TPSA) is 117 Å². The molecular formula is C25H22ClFN6O3S. The predicted octanol–water partition coefficient (Wildman–Crippen LogP) is 2.99. The van der Waals surface area contributed by atoms with Gasteiger partial charge in [0.05, 0.1) is 23.2 Å². The van der Waals surface area contributed by atoms with E-state index >= 15 is 0 Å². The number of aromatic nitrogens is 2. The summed E-state index contributed by atoms with van der Waals surface area (Å²) in [6, 6.07) is 7.05. The summed E-state index contributed by atoms with van der Waals surface area (Å²) in [6.07, 6.45) is 6.81. The van der Waals surface area contributed by atoms with E-state index in [1.165, 1.54) is 24.4 Å². The number of halogens is 2. The molecule has 190 valence electrons. The lowest BCUT2D eigenvalue weighted by molar-refractivity contribution is -0.139. The van der Waals surface area contributed by atoms with Gasteiger partial charge in [0, 0.05) is 30.6 Å². The van der Waals surface area contributed by atoms with Crippen LogP contribution in [-0.4, -0.2) is 39.6 Å². The van der Waals surface area contributed by atoms with E-state index in [0.29, 0.717) is 6.42 Å². The molecule has 0 radical (unpaired) electrons. The second-order valence-electron chi connectivity index (χ2n) is 8.61. The van der Waals surface area contributed by atoms with Crippen molar-refractivity contribution >= 4 is 46.6 Å². The number of anilines is 1. The van der Waals surface area contributed by atoms with E-state index in [9.17, 15) is 14.0 Å². The fourth-order valence-corrected chi connectivity index (χ4v) is 4.77. The number of benzene rings is 1. The van der Waals surface area contributed by atoms with E-state index < -0.39 is 24.0 Å². The normalized spacial score (nSPS) is 18.1. The summed E-state index contributed by atoms with van der Waals surface area (Å²) >= 11 is 11.8. The molecule has 0 saturated carbocycles. The molecule has 2 unspecified atom stereocenters. The van der Waals surface area contributed by atoms with E-state index in [0.717, 1.165) is 35.1 Å². The Kier molecular flexibility index (Phi) is 7.15. The quantitative estimate of drug-likeness (QED) is 0.220. The van der Waals surface area contributed by atoms with Crippen molar-refractivity contribution in [3.8, 4) is 0 Å². The maximum absolute atomic E-state index is 14.2. The molecule has 2 aliphatic rings. The summed E-state index contributed by atoms with van der Waals surface area (Å²) in [5.74, 6) is -1.05. The first-order chi connectivity index (χ1) is 17.9. The number of nitrogens with zero attached hydrogens (tertiary/aromatic N) is 2. The zero-order chi connectivity index (χ0) is 25.9. The van der Waals surface area contributed by atoms with Crippen molar-refractivity contribution in [2.45, 2.75) is 31.3 Å². The Hall–Kier alpha value is -3.83. The molecule has 1 saturated heterocycles. The minimum absolute atomic E-state index is 0.161. The van der Waals surface area contributed by atoms with Gasteiger partial charge in [-0.1, -0.05) is 17.7 Å². The Morgan fingerprint density at radius 2 is 1.92 bits per heavy atom. The fraction of sp³-hybridized carbons (Fsp3) is 0.240. The van der Waals surface area contributed by atoms with Gasteiger partial charge in [-0.3, -0.25) is 20.6 Å². The van der Waals surface area contributed by atoms with E-state index in [1.54, 1.807) is 18.5 Å². The van der Waals surface area contributed by atoms with Crippen molar-refractivity contribution < 1.29 is 18.7 Å². The fourth-order valence-electron chi connectivity index (χ4n) is 4.38. The lowest BCUT2D eigenvalue weighted by atomic mass is 9.96. The van der Waals surface area contributed by atoms with Gasteiger partial charge in [-0.2, -0.15) is 0 Å². The van der Waals surface area contributed by atoms with Crippen molar-refractivity contribution in [2.75, 3.05) is 12.0 Å². The molecule has 2 aromatic heterocycles. The van der Waals surface area contributed by atoms with E-state index in [4.69, 9.17) is 28.6 Å². The van der Waals surface area contributed by atoms with Crippen LogP contribution in [0.15, 0.2) is 48.9 Å². The Bertz CT molecular complexity index is 1390. The molecule has 1 fully saturated rings. The molecule has 3 aromatic rings. The summed E-state index contributed by atoms with van der Waals surface area (Å²) in [5.41, 5.74) is 9.69. The van der Waals surface area contributed by atoms with Crippen LogP contribution < -0.4 is 21.5 Å². The first-order valence-corrected chi connectivity index (χ1v) is 12.3. The van der Waals surface area contributed by atoms with Crippen LogP contribution in [0.2, 0.25) is 5.02 Å². The van der Waals surface area contributed by atoms with Gasteiger partial charge in [-0.25, -0.2) is 14.2 Å². The highest BCUT2D eigenvalue weighted by atomic mass is 35.5. The van der Waals surface area contributed by atoms with Crippen LogP contribution in [0, 0.1) is 5.82 Å². The van der Waals surface area contributed by atoms with Crippen LogP contribution in [0.5, 0.6) is 0 Å². The second kappa shape index (κ2) is 10.7. The molecule has 1 aromatic carbocycles. The van der Waals surface area contributed by atoms with Gasteiger partial charge in [0.2, 0.25) is 0 Å². The molecule has 12 heteroatoms. The molecule has 3 heterocycles. The van der Waals surface area contributed by atoms with Gasteiger partial charge in [0.15, 0.2) is 10.9 Å². The lowest BCUT2D eigenvalue weighted by Gasteiger charge is -2.23. The molecule has 1 amide bonds. The minimum atomic E-state index is -0.683. The Labute approximate surface area is 222 Å². The number of hydrazine groups is 1. The number of hydrogen-bond donors (Lipinski definition) is 4. The standard InChI is InChI=1S/C25H22ClFN6O3S/c26-19-9-15(23(34)30-20-6-8-36-24(20)35)11-29-22(19)32-33-25(37)31-21-17-10-16(27)4-3-13(17)1-2-14-5-7-28-12-18(14)21/h3-5,7,9-12,20-21H,1-2,6,8H2,(H,29,32)(H,30,34)(H2,31,33,37). The number of hydrogen-bond acceptors (Lipinski definition) is 7. The number of nitrogens with one attached hydrogen (secondary N) is 4. The Morgan fingerprint density at radius 1 is 1.11 bits per heavy atom. The van der Waals surface area contributed by atoms with E-state index in [-0.39, 0.29) is 33.9 Å². The van der Waals surface area contributed by atoms with Gasteiger partial charge in [0.1, 0.15) is 11.9 Å². The largest absolute Gasteiger partial charge is 0.464 e. The summed E-state index contributed by atoms with van der Waals surface area (Å²) in [5, 5.41) is 6.22. The van der Waals surface area contributed by atoms with Crippen LogP contribution >= 0.6 is 23.8 Å². The first-order valence-electron chi connectivity index (χ1n) is 11.6. The Morgan fingerprint density at radius 3 is 2.68 bits per heavy atom. The predicted molar refractivity (Wildman–Crippen MR) is 138 cm³/mol. The van der Waals surface area contributed by atoms with Gasteiger partial charge in [-0.15, -0.1) is 0 Å². The molecule has 5 rings (SSSR count). The molecule has 1 aliphatic heterocycles. The number of pyridine rings is 2. The number of aryl methyl sites for hydroxylation is 2. The lowest BCUT2D eigenvalue weighted by Crippen LogP contribution is -2.41. The third-order valence-corrected chi connectivity index (χ3v) is 6.76. The number of carbonyl (C=O) groups excluding carboxylic acids is 2. The van der Waals surface area contributed by atoms with Gasteiger partial charge < -0.3 is 15.4 Å². The highest BCUT2D eigenvalue weighted by molar-refractivity contribution is 7.80. The van der Waals surface area contributed by atoms with Crippen molar-refractivity contribution in [2.24, 2.45) is 0 Å². The monoisotopic (exact) mass is 540 g/mol. The number of carbonyl (C=O) groups is 2. The third-order valence-electron chi connectivity index (χ3n) is 6.25. The maximum atomic E-state index is 14.2. The second-order valence-corrected chi connectivity index (χ2v) is 9.43. The van der Waals surface area contributed by atoms with Crippen molar-refractivity contribution in [3.05, 3.63) is 87.6 Å². The highest BCUT2D eigenvalue weighted by Crippen LogP contribution is 2.32. The molecule has 1 aliphatic carbocycles. The van der Waals surface area contributed by atoms with Gasteiger partial charge in [0.25, 0.3) is 5.91 Å². The average Bonchev–Trinajstić information content (AvgIpc) is 3.23. The molecular weight excluding hydrogens is 519 g/mol. The Balaban J connectivity index is 1.27. The van der Waals surface area contributed by atoms with E-state index in [1.807, 2.05) is 6.07 Å². The number of esters is 1. The van der Waals surface area contributed by atoms with Gasteiger partial charge >= 0.3 is 5.97 Å². The number of amides is 1. The van der Waals surface area contributed by atoms with Crippen LogP contribution in [-0.2, 0) is 22.4 Å². The van der Waals surface area contributed by atoms with Crippen molar-refractivity contribution in [1.82, 2.24) is 26.0 Å². The molecule has 2 atom stereocenters. The molecule has 37 heavy (non-hydrogen) atoms. The molecule has 4 N–H and O–H groups in total. The van der Waals surface area contributed by atoms with Crippen LogP contribution in [0.25, 0.3) is 0 Å². The number of fused-ring (bicyclic) bond motifs is 2. The number of thiocarbonyl (C=S) groups is 1. The highest BCUT2D eigenvalue weighted by Gasteiger charge is 2.29. The summed E-state index contributed by atoms with van der Waals surface area (Å²) in [6.45, 7) is 0.273. The van der Waals surface area contributed by atoms with Crippen molar-refractivity contribution in [1.29, 1.82) is 0 Å². The van der Waals surface area contributed by atoms with Gasteiger partial charge in [-0.05, 0) is 66.0 Å². The zero-order valence-corrected chi connectivity index (χ0v) is 21.0. The maximum Gasteiger partial charge on any atom is 0.328 e. The van der Waals surface area contributed by atoms with Crippen LogP contribution in [0.3, 0.4) is 0 Å². The molecule has 9 nitrogen and oxygen atoms in total. The van der Waals surface area contributed by atoms with E-state index in [2.05, 4.69) is 31.5 Å². The minimum Gasteiger partial charge on any atom is -0.464 e. The number of cyclic esters (lactones) is 1. The SMILES string of the molecule is O=C(NC1CCOC1=O)c1cnc(NNC(=S)NC2c3cnccc3CCc3ccc(F)cc32)c(Cl)c1. The molecule has 0 spiro atoms.